The number of hydrogen-bond donors (Lipinski definition) is 3. The summed E-state index contributed by atoms with van der Waals surface area (Å²) < 4.78 is 5.33. The first-order chi connectivity index (χ1) is 16.7. The molecule has 0 fully saturated rings. The molecule has 190 valence electrons. The fourth-order valence-corrected chi connectivity index (χ4v) is 3.77. The minimum absolute atomic E-state index is 0.0633. The molecule has 2 aromatic rings. The Morgan fingerprint density at radius 3 is 2.14 bits per heavy atom. The summed E-state index contributed by atoms with van der Waals surface area (Å²) in [7, 11) is 0. The van der Waals surface area contributed by atoms with Crippen molar-refractivity contribution in [2.45, 2.75) is 64.8 Å². The second-order valence-corrected chi connectivity index (χ2v) is 9.65. The van der Waals surface area contributed by atoms with Crippen LogP contribution in [0.2, 0.25) is 0 Å². The van der Waals surface area contributed by atoms with E-state index >= 15 is 0 Å². The molecule has 0 aliphatic heterocycles. The third-order valence-corrected chi connectivity index (χ3v) is 5.56. The number of amides is 3. The van der Waals surface area contributed by atoms with Crippen LogP contribution < -0.4 is 10.6 Å². The molecule has 0 heterocycles. The molecule has 0 radical (unpaired) electrons. The average Bonchev–Trinajstić information content (AvgIpc) is 2.83. The summed E-state index contributed by atoms with van der Waals surface area (Å²) in [6.45, 7) is 7.96. The average molecular weight is 500 g/mol. The molecule has 2 atom stereocenters. The van der Waals surface area contributed by atoms with Crippen molar-refractivity contribution in [2.24, 2.45) is 0 Å². The summed E-state index contributed by atoms with van der Waals surface area (Å²) in [5.41, 5.74) is 0.941. The number of hydrogen-bond acceptors (Lipinski definition) is 5. The number of alkyl carbamates (subject to hydrolysis) is 1. The Balaban J connectivity index is 2.33. The fraction of sp³-hybridized carbons (Fsp3) is 0.444. The van der Waals surface area contributed by atoms with Gasteiger partial charge in [0.25, 0.3) is 0 Å². The van der Waals surface area contributed by atoms with Crippen LogP contribution in [0.25, 0.3) is 0 Å². The van der Waals surface area contributed by atoms with Gasteiger partial charge in [-0.15, -0.1) is 0 Å². The highest BCUT2D eigenvalue weighted by Gasteiger charge is 2.35. The lowest BCUT2D eigenvalue weighted by molar-refractivity contribution is -0.142. The zero-order chi connectivity index (χ0) is 25.8. The third kappa shape index (κ3) is 9.28. The van der Waals surface area contributed by atoms with Crippen LogP contribution >= 0.6 is 12.6 Å². The molecule has 0 spiro atoms. The lowest BCUT2D eigenvalue weighted by Crippen LogP contribution is -2.54. The molecule has 0 aromatic heterocycles. The van der Waals surface area contributed by atoms with Gasteiger partial charge in [-0.1, -0.05) is 74.0 Å². The van der Waals surface area contributed by atoms with E-state index in [1.165, 1.54) is 4.90 Å². The molecule has 3 amide bonds. The first kappa shape index (κ1) is 28.2. The number of carbonyl (C=O) groups excluding carboxylic acids is 3. The Bertz CT molecular complexity index is 948. The Kier molecular flexibility index (Phi) is 11.1. The van der Waals surface area contributed by atoms with Crippen molar-refractivity contribution >= 4 is 30.5 Å². The molecule has 0 aliphatic rings. The smallest absolute Gasteiger partial charge is 0.408 e. The minimum atomic E-state index is -0.946. The molecule has 2 N–H and O–H groups in total. The number of rotatable bonds is 11. The van der Waals surface area contributed by atoms with Crippen LogP contribution in [0.15, 0.2) is 60.7 Å². The van der Waals surface area contributed by atoms with Gasteiger partial charge in [0.2, 0.25) is 11.8 Å². The van der Waals surface area contributed by atoms with Crippen LogP contribution in [0.5, 0.6) is 0 Å². The lowest BCUT2D eigenvalue weighted by Gasteiger charge is -2.34. The van der Waals surface area contributed by atoms with Crippen LogP contribution in [0.3, 0.4) is 0 Å². The van der Waals surface area contributed by atoms with Crippen molar-refractivity contribution < 1.29 is 19.1 Å². The highest BCUT2D eigenvalue weighted by molar-refractivity contribution is 7.80. The topological polar surface area (TPSA) is 87.7 Å². The van der Waals surface area contributed by atoms with Gasteiger partial charge >= 0.3 is 6.09 Å². The summed E-state index contributed by atoms with van der Waals surface area (Å²) in [5.74, 6) is -0.615. The molecule has 0 saturated heterocycles. The highest BCUT2D eigenvalue weighted by Crippen LogP contribution is 2.23. The molecular formula is C27H37N3O4S. The van der Waals surface area contributed by atoms with E-state index in [4.69, 9.17) is 4.74 Å². The summed E-state index contributed by atoms with van der Waals surface area (Å²) in [6.07, 6.45) is 0.833. The third-order valence-electron chi connectivity index (χ3n) is 5.19. The van der Waals surface area contributed by atoms with Gasteiger partial charge in [0.05, 0.1) is 0 Å². The normalized spacial score (nSPS) is 12.8. The van der Waals surface area contributed by atoms with E-state index in [1.807, 2.05) is 67.6 Å². The van der Waals surface area contributed by atoms with Gasteiger partial charge in [-0.25, -0.2) is 4.79 Å². The van der Waals surface area contributed by atoms with Crippen LogP contribution in [-0.2, 0) is 20.9 Å². The quantitative estimate of drug-likeness (QED) is 0.398. The number of nitrogens with zero attached hydrogens (tertiary/aromatic N) is 1. The number of ether oxygens (including phenoxy) is 1. The van der Waals surface area contributed by atoms with Gasteiger partial charge in [0.15, 0.2) is 0 Å². The molecule has 2 unspecified atom stereocenters. The molecule has 2 rings (SSSR count). The van der Waals surface area contributed by atoms with Crippen LogP contribution in [-0.4, -0.2) is 46.7 Å². The monoisotopic (exact) mass is 499 g/mol. The van der Waals surface area contributed by atoms with Crippen molar-refractivity contribution in [3.63, 3.8) is 0 Å². The van der Waals surface area contributed by atoms with E-state index in [9.17, 15) is 14.4 Å². The first-order valence-electron chi connectivity index (χ1n) is 11.9. The second kappa shape index (κ2) is 13.8. The van der Waals surface area contributed by atoms with E-state index in [-0.39, 0.29) is 17.6 Å². The predicted octanol–water partition coefficient (Wildman–Crippen LogP) is 4.50. The van der Waals surface area contributed by atoms with E-state index in [0.29, 0.717) is 25.1 Å². The van der Waals surface area contributed by atoms with E-state index in [0.717, 1.165) is 12.0 Å². The molecular weight excluding hydrogens is 462 g/mol. The molecule has 8 heteroatoms. The number of unbranched alkanes of at least 4 members (excludes halogenated alkanes) is 1. The standard InChI is InChI=1S/C27H37N3O4S/c1-5-6-17-30(25(32)22(19-35)29-26(33)34-27(2,3)4)23(21-15-11-8-12-16-21)24(31)28-18-20-13-9-7-10-14-20/h7-16,22-23,35H,5-6,17-19H2,1-4H3,(H,28,31)(H,29,33). The van der Waals surface area contributed by atoms with E-state index < -0.39 is 23.8 Å². The Morgan fingerprint density at radius 2 is 1.60 bits per heavy atom. The van der Waals surface area contributed by atoms with Gasteiger partial charge < -0.3 is 20.3 Å². The van der Waals surface area contributed by atoms with Crippen LogP contribution in [0, 0.1) is 0 Å². The van der Waals surface area contributed by atoms with Crippen molar-refractivity contribution in [1.29, 1.82) is 0 Å². The lowest BCUT2D eigenvalue weighted by atomic mass is 10.0. The van der Waals surface area contributed by atoms with Crippen molar-refractivity contribution in [3.8, 4) is 0 Å². The zero-order valence-electron chi connectivity index (χ0n) is 21.0. The van der Waals surface area contributed by atoms with E-state index in [1.54, 1.807) is 20.8 Å². The van der Waals surface area contributed by atoms with E-state index in [2.05, 4.69) is 23.3 Å². The van der Waals surface area contributed by atoms with Gasteiger partial charge in [-0.2, -0.15) is 12.6 Å². The van der Waals surface area contributed by atoms with Crippen molar-refractivity contribution in [1.82, 2.24) is 15.5 Å². The number of benzene rings is 2. The molecule has 2 aromatic carbocycles. The van der Waals surface area contributed by atoms with Crippen LogP contribution in [0.4, 0.5) is 4.79 Å². The zero-order valence-corrected chi connectivity index (χ0v) is 21.9. The molecule has 7 nitrogen and oxygen atoms in total. The van der Waals surface area contributed by atoms with Crippen molar-refractivity contribution in [2.75, 3.05) is 12.3 Å². The Morgan fingerprint density at radius 1 is 1.00 bits per heavy atom. The number of nitrogens with one attached hydrogen (secondary N) is 2. The Labute approximate surface area is 214 Å². The fourth-order valence-electron chi connectivity index (χ4n) is 3.52. The van der Waals surface area contributed by atoms with Crippen molar-refractivity contribution in [3.05, 3.63) is 71.8 Å². The molecule has 0 aliphatic carbocycles. The molecule has 0 bridgehead atoms. The molecule has 0 saturated carbocycles. The Hall–Kier alpha value is -3.00. The second-order valence-electron chi connectivity index (χ2n) is 9.28. The summed E-state index contributed by atoms with van der Waals surface area (Å²) in [6, 6.07) is 17.0. The number of thiol groups is 1. The summed E-state index contributed by atoms with van der Waals surface area (Å²) >= 11 is 4.30. The largest absolute Gasteiger partial charge is 0.444 e. The van der Waals surface area contributed by atoms with Gasteiger partial charge in [-0.05, 0) is 38.3 Å². The maximum Gasteiger partial charge on any atom is 0.408 e. The maximum absolute atomic E-state index is 13.7. The summed E-state index contributed by atoms with van der Waals surface area (Å²) in [5, 5.41) is 5.60. The van der Waals surface area contributed by atoms with Gasteiger partial charge in [0, 0.05) is 18.8 Å². The number of carbonyl (C=O) groups is 3. The maximum atomic E-state index is 13.7. The molecule has 35 heavy (non-hydrogen) atoms. The predicted molar refractivity (Wildman–Crippen MR) is 141 cm³/mol. The first-order valence-corrected chi connectivity index (χ1v) is 12.6. The SMILES string of the molecule is CCCCN(C(=O)C(CS)NC(=O)OC(C)(C)C)C(C(=O)NCc1ccccc1)c1ccccc1. The van der Waals surface area contributed by atoms with Gasteiger partial charge in [0.1, 0.15) is 17.7 Å². The minimum Gasteiger partial charge on any atom is -0.444 e. The van der Waals surface area contributed by atoms with Gasteiger partial charge in [-0.3, -0.25) is 9.59 Å². The van der Waals surface area contributed by atoms with Crippen LogP contribution in [0.1, 0.15) is 57.7 Å². The highest BCUT2D eigenvalue weighted by atomic mass is 32.1. The summed E-state index contributed by atoms with van der Waals surface area (Å²) in [4.78, 5) is 41.1.